The molecule has 0 radical (unpaired) electrons. The molecule has 1 N–H and O–H groups in total. The van der Waals surface area contributed by atoms with Gasteiger partial charge in [-0.25, -0.2) is 0 Å². The number of nitrogens with one attached hydrogen (secondary N) is 1. The smallest absolute Gasteiger partial charge is 0.286 e. The van der Waals surface area contributed by atoms with Gasteiger partial charge in [0.15, 0.2) is 11.5 Å². The molecule has 4 rings (SSSR count). The van der Waals surface area contributed by atoms with E-state index in [0.717, 1.165) is 16.8 Å². The Morgan fingerprint density at radius 2 is 2.08 bits per heavy atom. The van der Waals surface area contributed by atoms with Gasteiger partial charge in [-0.1, -0.05) is 6.07 Å². The Hall–Kier alpha value is -2.64. The molecule has 7 heteroatoms. The van der Waals surface area contributed by atoms with Crippen molar-refractivity contribution in [2.45, 2.75) is 18.6 Å². The molecule has 26 heavy (non-hydrogen) atoms. The minimum atomic E-state index is -0.907. The number of nitrogens with zero attached hydrogens (tertiary/aromatic N) is 1. The molecule has 1 fully saturated rings. The third kappa shape index (κ3) is 2.89. The Labute approximate surface area is 150 Å². The number of anilines is 1. The molecule has 2 aliphatic heterocycles. The van der Waals surface area contributed by atoms with Crippen LogP contribution >= 0.6 is 0 Å². The van der Waals surface area contributed by atoms with Crippen LogP contribution in [0.5, 0.6) is 0 Å². The number of furan rings is 1. The number of hydrogen-bond acceptors (Lipinski definition) is 5. The third-order valence-corrected chi connectivity index (χ3v) is 4.83. The van der Waals surface area contributed by atoms with Gasteiger partial charge in [0, 0.05) is 31.3 Å². The molecule has 0 atom stereocenters. The molecule has 0 aliphatic carbocycles. The summed E-state index contributed by atoms with van der Waals surface area (Å²) in [4.78, 5) is 25.6. The van der Waals surface area contributed by atoms with E-state index in [2.05, 4.69) is 5.32 Å². The Kier molecular flexibility index (Phi) is 4.26. The highest BCUT2D eigenvalue weighted by atomic mass is 16.7. The number of ether oxygens (including phenoxy) is 2. The lowest BCUT2D eigenvalue weighted by molar-refractivity contribution is -0.169. The number of amides is 2. The largest absolute Gasteiger partial charge is 0.459 e. The fourth-order valence-electron chi connectivity index (χ4n) is 3.45. The van der Waals surface area contributed by atoms with Gasteiger partial charge in [0.05, 0.1) is 25.9 Å². The summed E-state index contributed by atoms with van der Waals surface area (Å²) in [6.45, 7) is 1.35. The van der Waals surface area contributed by atoms with Crippen molar-refractivity contribution in [1.29, 1.82) is 0 Å². The van der Waals surface area contributed by atoms with Crippen LogP contribution in [0.25, 0.3) is 0 Å². The molecule has 0 saturated carbocycles. The van der Waals surface area contributed by atoms with Crippen LogP contribution in [0.3, 0.4) is 0 Å². The Bertz CT molecular complexity index is 824. The number of likely N-dealkylation sites (N-methyl/N-ethyl adjacent to an activating group) is 1. The van der Waals surface area contributed by atoms with Crippen molar-refractivity contribution in [3.8, 4) is 0 Å². The highest BCUT2D eigenvalue weighted by Gasteiger charge is 2.39. The molecule has 0 bridgehead atoms. The molecule has 7 nitrogen and oxygen atoms in total. The average Bonchev–Trinajstić information content (AvgIpc) is 3.37. The van der Waals surface area contributed by atoms with Crippen LogP contribution in [0, 0.1) is 0 Å². The van der Waals surface area contributed by atoms with Crippen molar-refractivity contribution in [2.75, 3.05) is 31.7 Å². The summed E-state index contributed by atoms with van der Waals surface area (Å²) >= 11 is 0. The second kappa shape index (κ2) is 6.59. The van der Waals surface area contributed by atoms with Crippen molar-refractivity contribution in [2.24, 2.45) is 0 Å². The molecular weight excluding hydrogens is 336 g/mol. The van der Waals surface area contributed by atoms with Crippen LogP contribution in [-0.2, 0) is 26.5 Å². The number of carbonyl (C=O) groups is 2. The van der Waals surface area contributed by atoms with Crippen LogP contribution in [-0.4, -0.2) is 38.6 Å². The normalized spacial score (nSPS) is 18.2. The highest BCUT2D eigenvalue weighted by molar-refractivity contribution is 6.00. The molecule has 136 valence electrons. The molecular formula is C19H20N2O5. The first kappa shape index (κ1) is 16.8. The third-order valence-electron chi connectivity index (χ3n) is 4.83. The maximum Gasteiger partial charge on any atom is 0.286 e. The van der Waals surface area contributed by atoms with Crippen LogP contribution in [0.2, 0.25) is 0 Å². The molecule has 2 aliphatic rings. The van der Waals surface area contributed by atoms with E-state index in [1.165, 1.54) is 6.26 Å². The van der Waals surface area contributed by atoms with E-state index in [1.807, 2.05) is 18.2 Å². The quantitative estimate of drug-likeness (QED) is 0.884. The molecule has 3 heterocycles. The SMILES string of the molecule is CN1C(=O)Cc2cc(C3(CCNC(=O)c4ccco4)OCCO3)ccc21. The fraction of sp³-hybridized carbons (Fsp3) is 0.368. The Balaban J connectivity index is 1.49. The van der Waals surface area contributed by atoms with Gasteiger partial charge >= 0.3 is 0 Å². The summed E-state index contributed by atoms with van der Waals surface area (Å²) < 4.78 is 16.9. The van der Waals surface area contributed by atoms with E-state index in [9.17, 15) is 9.59 Å². The lowest BCUT2D eigenvalue weighted by Gasteiger charge is -2.28. The number of benzene rings is 1. The molecule has 0 spiro atoms. The summed E-state index contributed by atoms with van der Waals surface area (Å²) in [5.74, 6) is -0.837. The molecule has 1 aromatic carbocycles. The number of fused-ring (bicyclic) bond motifs is 1. The van der Waals surface area contributed by atoms with Gasteiger partial charge in [-0.3, -0.25) is 9.59 Å². The zero-order chi connectivity index (χ0) is 18.1. The van der Waals surface area contributed by atoms with Gasteiger partial charge in [0.1, 0.15) is 0 Å². The van der Waals surface area contributed by atoms with Crippen molar-refractivity contribution >= 4 is 17.5 Å². The van der Waals surface area contributed by atoms with Gasteiger partial charge in [-0.05, 0) is 29.8 Å². The van der Waals surface area contributed by atoms with Crippen molar-refractivity contribution < 1.29 is 23.5 Å². The minimum absolute atomic E-state index is 0.0742. The van der Waals surface area contributed by atoms with Gasteiger partial charge in [0.25, 0.3) is 5.91 Å². The Morgan fingerprint density at radius 1 is 1.27 bits per heavy atom. The summed E-state index contributed by atoms with van der Waals surface area (Å²) in [6.07, 6.45) is 2.30. The topological polar surface area (TPSA) is 81.0 Å². The van der Waals surface area contributed by atoms with Crippen LogP contribution < -0.4 is 10.2 Å². The van der Waals surface area contributed by atoms with Gasteiger partial charge in [-0.2, -0.15) is 0 Å². The molecule has 2 amide bonds. The van der Waals surface area contributed by atoms with Crippen LogP contribution in [0.4, 0.5) is 5.69 Å². The highest BCUT2D eigenvalue weighted by Crippen LogP contribution is 2.38. The lowest BCUT2D eigenvalue weighted by Crippen LogP contribution is -2.34. The number of hydrogen-bond donors (Lipinski definition) is 1. The van der Waals surface area contributed by atoms with Crippen LogP contribution in [0.1, 0.15) is 28.1 Å². The predicted molar refractivity (Wildman–Crippen MR) is 92.8 cm³/mol. The summed E-state index contributed by atoms with van der Waals surface area (Å²) in [5, 5.41) is 2.82. The summed E-state index contributed by atoms with van der Waals surface area (Å²) in [6, 6.07) is 9.10. The molecule has 1 aromatic heterocycles. The first-order valence-electron chi connectivity index (χ1n) is 8.59. The first-order chi connectivity index (χ1) is 12.6. The zero-order valence-electron chi connectivity index (χ0n) is 14.5. The maximum atomic E-state index is 12.0. The van der Waals surface area contributed by atoms with E-state index in [4.69, 9.17) is 13.9 Å². The number of carbonyl (C=O) groups excluding carboxylic acids is 2. The molecule has 1 saturated heterocycles. The first-order valence-corrected chi connectivity index (χ1v) is 8.59. The van der Waals surface area contributed by atoms with Crippen molar-refractivity contribution in [3.05, 3.63) is 53.5 Å². The van der Waals surface area contributed by atoms with E-state index in [0.29, 0.717) is 32.6 Å². The molecule has 2 aromatic rings. The Morgan fingerprint density at radius 3 is 2.81 bits per heavy atom. The number of rotatable bonds is 5. The summed E-state index contributed by atoms with van der Waals surface area (Å²) in [5.41, 5.74) is 2.75. The van der Waals surface area contributed by atoms with E-state index in [-0.39, 0.29) is 17.6 Å². The molecule has 0 unspecified atom stereocenters. The summed E-state index contributed by atoms with van der Waals surface area (Å²) in [7, 11) is 1.77. The van der Waals surface area contributed by atoms with E-state index < -0.39 is 5.79 Å². The van der Waals surface area contributed by atoms with E-state index in [1.54, 1.807) is 24.1 Å². The second-order valence-corrected chi connectivity index (χ2v) is 6.41. The van der Waals surface area contributed by atoms with Crippen molar-refractivity contribution in [1.82, 2.24) is 5.32 Å². The van der Waals surface area contributed by atoms with Gasteiger partial charge in [0.2, 0.25) is 5.91 Å². The average molecular weight is 356 g/mol. The minimum Gasteiger partial charge on any atom is -0.459 e. The standard InChI is InChI=1S/C19H20N2O5/c1-21-15-5-4-14(11-13(15)12-17(21)22)19(25-9-10-26-19)6-7-20-18(23)16-3-2-8-24-16/h2-5,8,11H,6-7,9-10,12H2,1H3,(H,20,23). The van der Waals surface area contributed by atoms with E-state index >= 15 is 0 Å². The monoisotopic (exact) mass is 356 g/mol. The zero-order valence-corrected chi connectivity index (χ0v) is 14.5. The predicted octanol–water partition coefficient (Wildman–Crippen LogP) is 1.82. The van der Waals surface area contributed by atoms with Gasteiger partial charge in [-0.15, -0.1) is 0 Å². The maximum absolute atomic E-state index is 12.0. The second-order valence-electron chi connectivity index (χ2n) is 6.41. The van der Waals surface area contributed by atoms with Gasteiger partial charge < -0.3 is 24.1 Å². The van der Waals surface area contributed by atoms with Crippen molar-refractivity contribution in [3.63, 3.8) is 0 Å². The fourth-order valence-corrected chi connectivity index (χ4v) is 3.45. The van der Waals surface area contributed by atoms with Crippen LogP contribution in [0.15, 0.2) is 41.0 Å². The lowest BCUT2D eigenvalue weighted by atomic mass is 9.98.